The highest BCUT2D eigenvalue weighted by atomic mass is 32.2. The van der Waals surface area contributed by atoms with Crippen molar-refractivity contribution in [3.63, 3.8) is 0 Å². The van der Waals surface area contributed by atoms with Gasteiger partial charge in [0.05, 0.1) is 12.0 Å². The molecule has 0 unspecified atom stereocenters. The van der Waals surface area contributed by atoms with Crippen LogP contribution >= 0.6 is 23.1 Å². The van der Waals surface area contributed by atoms with Crippen LogP contribution in [0.25, 0.3) is 0 Å². The van der Waals surface area contributed by atoms with Crippen LogP contribution in [-0.4, -0.2) is 42.1 Å². The summed E-state index contributed by atoms with van der Waals surface area (Å²) in [6, 6.07) is 0.742. The van der Waals surface area contributed by atoms with Crippen molar-refractivity contribution >= 4 is 35.0 Å². The highest BCUT2D eigenvalue weighted by Crippen LogP contribution is 2.21. The highest BCUT2D eigenvalue weighted by molar-refractivity contribution is 7.98. The molecule has 1 aromatic rings. The van der Waals surface area contributed by atoms with E-state index in [-0.39, 0.29) is 5.91 Å². The topological polar surface area (TPSA) is 75.6 Å². The molecule has 1 aromatic heterocycles. The number of amides is 1. The third-order valence-electron chi connectivity index (χ3n) is 2.25. The molecule has 0 aliphatic carbocycles. The summed E-state index contributed by atoms with van der Waals surface area (Å²) in [5.74, 6) is -0.107. The molecule has 0 aliphatic heterocycles. The lowest BCUT2D eigenvalue weighted by Crippen LogP contribution is -2.40. The zero-order chi connectivity index (χ0) is 13.5. The number of nitrogens with one attached hydrogen (secondary N) is 1. The molecule has 1 heterocycles. The monoisotopic (exact) mass is 289 g/mol. The zero-order valence-electron chi connectivity index (χ0n) is 10.1. The van der Waals surface area contributed by atoms with Gasteiger partial charge in [-0.3, -0.25) is 4.79 Å². The molecule has 0 saturated heterocycles. The Labute approximate surface area is 114 Å². The Balaban J connectivity index is 2.62. The summed E-state index contributed by atoms with van der Waals surface area (Å²) in [5.41, 5.74) is 0. The Hall–Kier alpha value is -1.21. The summed E-state index contributed by atoms with van der Waals surface area (Å²) in [7, 11) is 1.52. The van der Waals surface area contributed by atoms with Gasteiger partial charge in [-0.05, 0) is 18.4 Å². The van der Waals surface area contributed by atoms with E-state index < -0.39 is 12.0 Å². The van der Waals surface area contributed by atoms with Gasteiger partial charge in [0.1, 0.15) is 11.8 Å². The third-order valence-corrected chi connectivity index (χ3v) is 3.80. The summed E-state index contributed by atoms with van der Waals surface area (Å²) in [6.45, 7) is 0. The van der Waals surface area contributed by atoms with E-state index in [9.17, 15) is 9.59 Å². The molecule has 0 radical (unpaired) electrons. The number of carbonyl (C=O) groups excluding carboxylic acids is 1. The third kappa shape index (κ3) is 4.23. The zero-order valence-corrected chi connectivity index (χ0v) is 11.8. The molecule has 1 atom stereocenters. The first-order valence-corrected chi connectivity index (χ1v) is 7.51. The van der Waals surface area contributed by atoms with Crippen molar-refractivity contribution in [2.24, 2.45) is 0 Å². The average Bonchev–Trinajstić information content (AvgIpc) is 2.82. The maximum absolute atomic E-state index is 11.8. The van der Waals surface area contributed by atoms with Crippen molar-refractivity contribution in [2.75, 3.05) is 19.1 Å². The van der Waals surface area contributed by atoms with Crippen LogP contribution in [0.1, 0.15) is 16.1 Å². The van der Waals surface area contributed by atoms with Gasteiger partial charge in [-0.1, -0.05) is 0 Å². The van der Waals surface area contributed by atoms with Crippen LogP contribution in [0.4, 0.5) is 0 Å². The fourth-order valence-corrected chi connectivity index (χ4v) is 2.50. The van der Waals surface area contributed by atoms with E-state index >= 15 is 0 Å². The molecule has 1 amide bonds. The van der Waals surface area contributed by atoms with E-state index in [0.29, 0.717) is 22.8 Å². The second kappa shape index (κ2) is 7.27. The van der Waals surface area contributed by atoms with Crippen LogP contribution in [-0.2, 0) is 4.79 Å². The number of methoxy groups -OCH3 is 1. The summed E-state index contributed by atoms with van der Waals surface area (Å²) in [6.07, 6.45) is 2.30. The van der Waals surface area contributed by atoms with E-state index in [0.717, 1.165) is 0 Å². The Morgan fingerprint density at radius 3 is 2.83 bits per heavy atom. The normalized spacial score (nSPS) is 11.9. The first kappa shape index (κ1) is 14.8. The van der Waals surface area contributed by atoms with Gasteiger partial charge in [0.25, 0.3) is 5.91 Å². The molecule has 1 rings (SSSR count). The SMILES string of the molecule is COc1csc(C(=O)N[C@H](CCSC)C(=O)O)c1. The lowest BCUT2D eigenvalue weighted by atomic mass is 10.2. The number of hydrogen-bond donors (Lipinski definition) is 2. The minimum Gasteiger partial charge on any atom is -0.496 e. The minimum absolute atomic E-state index is 0.378. The number of thiophene rings is 1. The predicted molar refractivity (Wildman–Crippen MR) is 72.8 cm³/mol. The van der Waals surface area contributed by atoms with E-state index in [2.05, 4.69) is 5.32 Å². The number of carboxylic acids is 1. The molecule has 100 valence electrons. The molecule has 0 aromatic carbocycles. The van der Waals surface area contributed by atoms with Gasteiger partial charge in [-0.15, -0.1) is 11.3 Å². The van der Waals surface area contributed by atoms with Crippen LogP contribution in [0, 0.1) is 0 Å². The number of carbonyl (C=O) groups is 2. The van der Waals surface area contributed by atoms with Gasteiger partial charge in [0.2, 0.25) is 0 Å². The molecule has 2 N–H and O–H groups in total. The number of hydrogen-bond acceptors (Lipinski definition) is 5. The van der Waals surface area contributed by atoms with Gasteiger partial charge in [0.15, 0.2) is 0 Å². The molecule has 0 saturated carbocycles. The molecular formula is C11H15NO4S2. The first-order valence-electron chi connectivity index (χ1n) is 5.23. The van der Waals surface area contributed by atoms with Crippen molar-refractivity contribution in [2.45, 2.75) is 12.5 Å². The number of ether oxygens (including phenoxy) is 1. The number of aliphatic carboxylic acids is 1. The minimum atomic E-state index is -1.01. The molecule has 18 heavy (non-hydrogen) atoms. The summed E-state index contributed by atoms with van der Waals surface area (Å²) in [5, 5.41) is 13.2. The molecule has 0 bridgehead atoms. The quantitative estimate of drug-likeness (QED) is 0.799. The van der Waals surface area contributed by atoms with Crippen LogP contribution in [0.3, 0.4) is 0 Å². The smallest absolute Gasteiger partial charge is 0.326 e. The number of thioether (sulfide) groups is 1. The molecule has 5 nitrogen and oxygen atoms in total. The van der Waals surface area contributed by atoms with Gasteiger partial charge in [0, 0.05) is 11.4 Å². The molecule has 0 spiro atoms. The van der Waals surface area contributed by atoms with Crippen LogP contribution in [0.15, 0.2) is 11.4 Å². The van der Waals surface area contributed by atoms with Crippen molar-refractivity contribution < 1.29 is 19.4 Å². The molecular weight excluding hydrogens is 274 g/mol. The Bertz CT molecular complexity index is 419. The van der Waals surface area contributed by atoms with Crippen molar-refractivity contribution in [1.82, 2.24) is 5.32 Å². The maximum atomic E-state index is 11.8. The van der Waals surface area contributed by atoms with Gasteiger partial charge in [-0.25, -0.2) is 4.79 Å². The van der Waals surface area contributed by atoms with Crippen LogP contribution in [0.5, 0.6) is 5.75 Å². The standard InChI is InChI=1S/C11H15NO4S2/c1-16-7-5-9(18-6-7)10(13)12-8(11(14)15)3-4-17-2/h5-6,8H,3-4H2,1-2H3,(H,12,13)(H,14,15)/t8-/m1/s1. The summed E-state index contributed by atoms with van der Waals surface area (Å²) < 4.78 is 4.97. The van der Waals surface area contributed by atoms with Gasteiger partial charge in [-0.2, -0.15) is 11.8 Å². The maximum Gasteiger partial charge on any atom is 0.326 e. The highest BCUT2D eigenvalue weighted by Gasteiger charge is 2.21. The summed E-state index contributed by atoms with van der Waals surface area (Å²) in [4.78, 5) is 23.3. The van der Waals surface area contributed by atoms with E-state index in [4.69, 9.17) is 9.84 Å². The van der Waals surface area contributed by atoms with Gasteiger partial charge < -0.3 is 15.2 Å². The molecule has 0 aliphatic rings. The van der Waals surface area contributed by atoms with E-state index in [1.54, 1.807) is 23.2 Å². The summed E-state index contributed by atoms with van der Waals surface area (Å²) >= 11 is 2.77. The largest absolute Gasteiger partial charge is 0.496 e. The molecule has 7 heteroatoms. The second-order valence-corrected chi connectivity index (χ2v) is 5.39. The van der Waals surface area contributed by atoms with Crippen molar-refractivity contribution in [3.05, 3.63) is 16.3 Å². The van der Waals surface area contributed by atoms with E-state index in [1.165, 1.54) is 18.4 Å². The van der Waals surface area contributed by atoms with Crippen LogP contribution in [0.2, 0.25) is 0 Å². The fourth-order valence-electron chi connectivity index (χ4n) is 1.27. The Kier molecular flexibility index (Phi) is 6.00. The Morgan fingerprint density at radius 1 is 1.61 bits per heavy atom. The van der Waals surface area contributed by atoms with Crippen molar-refractivity contribution in [1.29, 1.82) is 0 Å². The number of rotatable bonds is 7. The fraction of sp³-hybridized carbons (Fsp3) is 0.455. The van der Waals surface area contributed by atoms with Crippen LogP contribution < -0.4 is 10.1 Å². The van der Waals surface area contributed by atoms with Gasteiger partial charge >= 0.3 is 5.97 Å². The van der Waals surface area contributed by atoms with Crippen molar-refractivity contribution in [3.8, 4) is 5.75 Å². The second-order valence-electron chi connectivity index (χ2n) is 3.50. The lowest BCUT2D eigenvalue weighted by molar-refractivity contribution is -0.139. The number of carboxylic acid groups (broad SMARTS) is 1. The van der Waals surface area contributed by atoms with E-state index in [1.807, 2.05) is 6.26 Å². The predicted octanol–water partition coefficient (Wildman–Crippen LogP) is 1.69. The lowest BCUT2D eigenvalue weighted by Gasteiger charge is -2.12. The average molecular weight is 289 g/mol. The molecule has 0 fully saturated rings. The Morgan fingerprint density at radius 2 is 2.33 bits per heavy atom. The first-order chi connectivity index (χ1) is 8.58.